The van der Waals surface area contributed by atoms with E-state index in [4.69, 9.17) is 0 Å². The van der Waals surface area contributed by atoms with E-state index >= 15 is 0 Å². The van der Waals surface area contributed by atoms with Crippen LogP contribution in [0.15, 0.2) is 59.4 Å². The van der Waals surface area contributed by atoms with Gasteiger partial charge in [0.05, 0.1) is 0 Å². The molecule has 0 radical (unpaired) electrons. The van der Waals surface area contributed by atoms with Gasteiger partial charge in [-0.25, -0.2) is 0 Å². The van der Waals surface area contributed by atoms with Crippen LogP contribution in [0, 0.1) is 0 Å². The molecule has 0 saturated heterocycles. The molecule has 2 rings (SSSR count). The average molecular weight is 238 g/mol. The number of hydrogen-bond donors (Lipinski definition) is 1. The van der Waals surface area contributed by atoms with E-state index in [0.717, 1.165) is 12.8 Å². The summed E-state index contributed by atoms with van der Waals surface area (Å²) in [6, 6.07) is 7.44. The zero-order chi connectivity index (χ0) is 13.0. The summed E-state index contributed by atoms with van der Waals surface area (Å²) in [6.45, 7) is 4.34. The third-order valence-electron chi connectivity index (χ3n) is 3.21. The molecule has 0 saturated carbocycles. The molecule has 0 heterocycles. The number of allylic oxidation sites excluding steroid dienone is 5. The molecule has 1 aromatic rings. The lowest BCUT2D eigenvalue weighted by Gasteiger charge is -2.13. The summed E-state index contributed by atoms with van der Waals surface area (Å²) in [5.41, 5.74) is 8.32. The van der Waals surface area contributed by atoms with Crippen molar-refractivity contribution in [1.29, 1.82) is 0 Å². The van der Waals surface area contributed by atoms with Gasteiger partial charge >= 0.3 is 0 Å². The van der Waals surface area contributed by atoms with Crippen LogP contribution in [0.3, 0.4) is 0 Å². The molecule has 0 amide bonds. The van der Waals surface area contributed by atoms with E-state index in [2.05, 4.69) is 25.7 Å². The van der Waals surface area contributed by atoms with E-state index in [1.54, 1.807) is 12.1 Å². The van der Waals surface area contributed by atoms with Gasteiger partial charge in [0.25, 0.3) is 0 Å². The topological polar surface area (TPSA) is 20.2 Å². The molecule has 0 unspecified atom stereocenters. The number of phenolic OH excluding ortho intramolecular Hbond substituents is 1. The van der Waals surface area contributed by atoms with Crippen LogP contribution in [-0.2, 0) is 0 Å². The Labute approximate surface area is 108 Å². The second-order valence-electron chi connectivity index (χ2n) is 4.29. The second kappa shape index (κ2) is 5.57. The highest BCUT2D eigenvalue weighted by atomic mass is 16.3. The summed E-state index contributed by atoms with van der Waals surface area (Å²) in [4.78, 5) is 0. The average Bonchev–Trinajstić information content (AvgIpc) is 2.91. The normalized spacial score (nSPS) is 14.7. The maximum absolute atomic E-state index is 9.37. The number of phenols is 1. The van der Waals surface area contributed by atoms with Gasteiger partial charge in [0.1, 0.15) is 5.75 Å². The number of benzene rings is 1. The zero-order valence-electron chi connectivity index (χ0n) is 10.9. The van der Waals surface area contributed by atoms with Gasteiger partial charge in [-0.05, 0) is 53.8 Å². The van der Waals surface area contributed by atoms with Crippen molar-refractivity contribution in [3.8, 4) is 5.75 Å². The molecule has 1 aliphatic rings. The van der Waals surface area contributed by atoms with Crippen molar-refractivity contribution in [2.24, 2.45) is 0 Å². The molecule has 0 bridgehead atoms. The highest BCUT2D eigenvalue weighted by molar-refractivity contribution is 5.74. The first-order valence-corrected chi connectivity index (χ1v) is 6.41. The number of rotatable bonds is 4. The molecule has 92 valence electrons. The van der Waals surface area contributed by atoms with Gasteiger partial charge in [-0.1, -0.05) is 32.1 Å². The molecular weight excluding hydrogens is 220 g/mol. The Morgan fingerprint density at radius 3 is 2.22 bits per heavy atom. The minimum absolute atomic E-state index is 0.312. The molecule has 0 spiro atoms. The zero-order valence-corrected chi connectivity index (χ0v) is 10.9. The van der Waals surface area contributed by atoms with Crippen LogP contribution in [0.5, 0.6) is 5.75 Å². The fraction of sp³-hybridized carbons (Fsp3) is 0.235. The molecule has 1 N–H and O–H groups in total. The van der Waals surface area contributed by atoms with Crippen molar-refractivity contribution in [2.75, 3.05) is 0 Å². The summed E-state index contributed by atoms with van der Waals surface area (Å²) in [5, 5.41) is 9.37. The SMILES string of the molecule is CC/C(C1=C=CC=C1)=C(/CC)c1ccc(O)cc1. The Kier molecular flexibility index (Phi) is 3.86. The van der Waals surface area contributed by atoms with Crippen LogP contribution in [0.25, 0.3) is 5.57 Å². The lowest BCUT2D eigenvalue weighted by Crippen LogP contribution is -1.92. The Morgan fingerprint density at radius 1 is 1.06 bits per heavy atom. The van der Waals surface area contributed by atoms with Gasteiger partial charge < -0.3 is 5.11 Å². The molecule has 0 atom stereocenters. The minimum Gasteiger partial charge on any atom is -0.508 e. The van der Waals surface area contributed by atoms with E-state index in [9.17, 15) is 5.11 Å². The largest absolute Gasteiger partial charge is 0.508 e. The van der Waals surface area contributed by atoms with Crippen molar-refractivity contribution >= 4 is 5.57 Å². The first-order valence-electron chi connectivity index (χ1n) is 6.41. The van der Waals surface area contributed by atoms with Crippen molar-refractivity contribution in [3.05, 3.63) is 64.9 Å². The summed E-state index contributed by atoms with van der Waals surface area (Å²) in [6.07, 6.45) is 8.05. The van der Waals surface area contributed by atoms with Crippen LogP contribution in [0.2, 0.25) is 0 Å². The fourth-order valence-electron chi connectivity index (χ4n) is 2.34. The molecule has 0 fully saturated rings. The number of aromatic hydroxyl groups is 1. The van der Waals surface area contributed by atoms with E-state index < -0.39 is 0 Å². The van der Waals surface area contributed by atoms with Crippen molar-refractivity contribution in [3.63, 3.8) is 0 Å². The number of hydrogen-bond acceptors (Lipinski definition) is 1. The smallest absolute Gasteiger partial charge is 0.115 e. The monoisotopic (exact) mass is 238 g/mol. The predicted molar refractivity (Wildman–Crippen MR) is 76.3 cm³/mol. The van der Waals surface area contributed by atoms with E-state index in [0.29, 0.717) is 5.75 Å². The summed E-state index contributed by atoms with van der Waals surface area (Å²) >= 11 is 0. The molecular formula is C17H18O. The van der Waals surface area contributed by atoms with Crippen molar-refractivity contribution in [1.82, 2.24) is 0 Å². The molecule has 1 heteroatoms. The lowest BCUT2D eigenvalue weighted by atomic mass is 9.92. The third-order valence-corrected chi connectivity index (χ3v) is 3.21. The summed E-state index contributed by atoms with van der Waals surface area (Å²) < 4.78 is 0. The van der Waals surface area contributed by atoms with Crippen molar-refractivity contribution < 1.29 is 5.11 Å². The first-order chi connectivity index (χ1) is 8.76. The first kappa shape index (κ1) is 12.5. The Hall–Kier alpha value is -1.98. The highest BCUT2D eigenvalue weighted by Gasteiger charge is 2.10. The Balaban J connectivity index is 2.50. The van der Waals surface area contributed by atoms with Gasteiger partial charge in [0.15, 0.2) is 0 Å². The second-order valence-corrected chi connectivity index (χ2v) is 4.29. The molecule has 1 aliphatic carbocycles. The van der Waals surface area contributed by atoms with Gasteiger partial charge in [0.2, 0.25) is 0 Å². The Morgan fingerprint density at radius 2 is 1.72 bits per heavy atom. The van der Waals surface area contributed by atoms with Gasteiger partial charge in [-0.3, -0.25) is 0 Å². The maximum atomic E-state index is 9.37. The van der Waals surface area contributed by atoms with Crippen LogP contribution in [0.1, 0.15) is 32.3 Å². The minimum atomic E-state index is 0.312. The quantitative estimate of drug-likeness (QED) is 0.759. The van der Waals surface area contributed by atoms with E-state index in [1.165, 1.54) is 22.3 Å². The van der Waals surface area contributed by atoms with Gasteiger partial charge in [0, 0.05) is 5.57 Å². The summed E-state index contributed by atoms with van der Waals surface area (Å²) in [5.74, 6) is 0.312. The van der Waals surface area contributed by atoms with Crippen molar-refractivity contribution in [2.45, 2.75) is 26.7 Å². The van der Waals surface area contributed by atoms with Gasteiger partial charge in [-0.15, -0.1) is 5.73 Å². The van der Waals surface area contributed by atoms with Crippen LogP contribution in [-0.4, -0.2) is 5.11 Å². The van der Waals surface area contributed by atoms with Crippen LogP contribution >= 0.6 is 0 Å². The molecule has 0 aliphatic heterocycles. The highest BCUT2D eigenvalue weighted by Crippen LogP contribution is 2.30. The van der Waals surface area contributed by atoms with Gasteiger partial charge in [-0.2, -0.15) is 0 Å². The standard InChI is InChI=1S/C17H18O/c1-3-16(13-7-5-6-8-13)17(4-2)14-9-11-15(18)12-10-14/h5-7,9-12,18H,3-4H2,1-2H3/b17-16+. The third kappa shape index (κ3) is 2.47. The van der Waals surface area contributed by atoms with Crippen LogP contribution in [0.4, 0.5) is 0 Å². The van der Waals surface area contributed by atoms with E-state index in [1.807, 2.05) is 24.3 Å². The summed E-state index contributed by atoms with van der Waals surface area (Å²) in [7, 11) is 0. The molecule has 18 heavy (non-hydrogen) atoms. The molecule has 1 aromatic carbocycles. The molecule has 0 aromatic heterocycles. The fourth-order valence-corrected chi connectivity index (χ4v) is 2.34. The predicted octanol–water partition coefficient (Wildman–Crippen LogP) is 4.62. The lowest BCUT2D eigenvalue weighted by molar-refractivity contribution is 0.475. The maximum Gasteiger partial charge on any atom is 0.115 e. The Bertz CT molecular complexity index is 550. The van der Waals surface area contributed by atoms with Crippen LogP contribution < -0.4 is 0 Å². The molecule has 1 nitrogen and oxygen atoms in total. The van der Waals surface area contributed by atoms with E-state index in [-0.39, 0.29) is 0 Å².